The number of sulfone groups is 1. The van der Waals surface area contributed by atoms with E-state index in [9.17, 15) is 13.2 Å². The summed E-state index contributed by atoms with van der Waals surface area (Å²) in [5.41, 5.74) is 0.697. The zero-order valence-corrected chi connectivity index (χ0v) is 16.1. The van der Waals surface area contributed by atoms with Crippen LogP contribution in [0.1, 0.15) is 26.7 Å². The molecule has 1 fully saturated rings. The summed E-state index contributed by atoms with van der Waals surface area (Å²) in [5, 5.41) is 4.10. The summed E-state index contributed by atoms with van der Waals surface area (Å²) in [6.45, 7) is 5.26. The lowest BCUT2D eigenvalue weighted by atomic mass is 10.0. The van der Waals surface area contributed by atoms with Crippen molar-refractivity contribution >= 4 is 32.5 Å². The third-order valence-electron chi connectivity index (χ3n) is 4.68. The highest BCUT2D eigenvalue weighted by Crippen LogP contribution is 2.25. The molecule has 3 rings (SSSR count). The van der Waals surface area contributed by atoms with Gasteiger partial charge in [-0.1, -0.05) is 13.8 Å². The Morgan fingerprint density at radius 3 is 2.54 bits per heavy atom. The number of nitrogens with zero attached hydrogens (tertiary/aromatic N) is 3. The second-order valence-electron chi connectivity index (χ2n) is 7.07. The first-order chi connectivity index (χ1) is 12.3. The Bertz CT molecular complexity index is 919. The quantitative estimate of drug-likeness (QED) is 0.878. The number of nitrogens with one attached hydrogen (secondary N) is 1. The first-order valence-electron chi connectivity index (χ1n) is 8.76. The smallest absolute Gasteiger partial charge is 0.225 e. The van der Waals surface area contributed by atoms with E-state index in [1.165, 1.54) is 12.6 Å². The van der Waals surface area contributed by atoms with Gasteiger partial charge in [-0.15, -0.1) is 0 Å². The topological polar surface area (TPSA) is 92.3 Å². The molecule has 0 unspecified atom stereocenters. The summed E-state index contributed by atoms with van der Waals surface area (Å²) in [7, 11) is -3.30. The Hall–Kier alpha value is -2.22. The van der Waals surface area contributed by atoms with Crippen LogP contribution in [0.5, 0.6) is 0 Å². The first-order valence-corrected chi connectivity index (χ1v) is 10.6. The van der Waals surface area contributed by atoms with Crippen LogP contribution in [0.15, 0.2) is 29.4 Å². The summed E-state index contributed by atoms with van der Waals surface area (Å²) in [6, 6.07) is 5.06. The van der Waals surface area contributed by atoms with Gasteiger partial charge in [-0.05, 0) is 31.0 Å². The van der Waals surface area contributed by atoms with Crippen LogP contribution in [0.25, 0.3) is 10.9 Å². The maximum Gasteiger partial charge on any atom is 0.225 e. The van der Waals surface area contributed by atoms with Crippen LogP contribution in [-0.4, -0.2) is 54.6 Å². The van der Waals surface area contributed by atoms with Crippen LogP contribution < -0.4 is 5.32 Å². The number of likely N-dealkylation sites (tertiary alicyclic amines) is 1. The normalized spacial score (nSPS) is 16.2. The van der Waals surface area contributed by atoms with Crippen molar-refractivity contribution < 1.29 is 13.2 Å². The molecule has 0 bridgehead atoms. The average Bonchev–Trinajstić information content (AvgIpc) is 2.61. The summed E-state index contributed by atoms with van der Waals surface area (Å²) >= 11 is 0. The van der Waals surface area contributed by atoms with Gasteiger partial charge < -0.3 is 10.2 Å². The molecule has 0 saturated carbocycles. The Balaban J connectivity index is 1.78. The number of aromatic nitrogens is 2. The van der Waals surface area contributed by atoms with E-state index >= 15 is 0 Å². The minimum absolute atomic E-state index is 0.0136. The van der Waals surface area contributed by atoms with Crippen molar-refractivity contribution in [2.45, 2.75) is 37.6 Å². The molecule has 2 heterocycles. The minimum Gasteiger partial charge on any atom is -0.367 e. The number of carbonyl (C=O) groups excluding carboxylic acids is 1. The van der Waals surface area contributed by atoms with Crippen molar-refractivity contribution in [2.24, 2.45) is 5.92 Å². The van der Waals surface area contributed by atoms with Crippen LogP contribution >= 0.6 is 0 Å². The molecule has 8 heteroatoms. The SMILES string of the molecule is CC(C)C(=O)N1CCC(Nc2ncnc3ccc(S(C)(=O)=O)cc23)CC1. The summed E-state index contributed by atoms with van der Waals surface area (Å²) in [6.07, 6.45) is 4.32. The van der Waals surface area contributed by atoms with E-state index in [0.29, 0.717) is 29.8 Å². The van der Waals surface area contributed by atoms with Gasteiger partial charge in [0.25, 0.3) is 0 Å². The van der Waals surface area contributed by atoms with Gasteiger partial charge in [0.2, 0.25) is 5.91 Å². The fourth-order valence-electron chi connectivity index (χ4n) is 3.18. The Morgan fingerprint density at radius 1 is 1.23 bits per heavy atom. The first kappa shape index (κ1) is 18.6. The Morgan fingerprint density at radius 2 is 1.92 bits per heavy atom. The summed E-state index contributed by atoms with van der Waals surface area (Å²) in [5.74, 6) is 0.836. The van der Waals surface area contributed by atoms with Gasteiger partial charge in [-0.2, -0.15) is 0 Å². The second kappa shape index (κ2) is 7.19. The molecule has 0 aliphatic carbocycles. The van der Waals surface area contributed by atoms with Gasteiger partial charge in [-0.25, -0.2) is 18.4 Å². The van der Waals surface area contributed by atoms with Crippen LogP contribution in [0.4, 0.5) is 5.82 Å². The number of rotatable bonds is 4. The monoisotopic (exact) mass is 376 g/mol. The molecule has 1 aliphatic heterocycles. The lowest BCUT2D eigenvalue weighted by Crippen LogP contribution is -2.44. The predicted octanol–water partition coefficient (Wildman–Crippen LogP) is 2.09. The van der Waals surface area contributed by atoms with Gasteiger partial charge in [0.15, 0.2) is 9.84 Å². The molecule has 1 N–H and O–H groups in total. The fraction of sp³-hybridized carbons (Fsp3) is 0.500. The molecular formula is C18H24N4O3S. The van der Waals surface area contributed by atoms with Crippen molar-refractivity contribution in [2.75, 3.05) is 24.7 Å². The lowest BCUT2D eigenvalue weighted by molar-refractivity contribution is -0.135. The van der Waals surface area contributed by atoms with Crippen molar-refractivity contribution in [3.63, 3.8) is 0 Å². The highest BCUT2D eigenvalue weighted by Gasteiger charge is 2.24. The zero-order chi connectivity index (χ0) is 18.9. The molecule has 7 nitrogen and oxygen atoms in total. The molecule has 0 spiro atoms. The molecule has 140 valence electrons. The van der Waals surface area contributed by atoms with E-state index in [0.717, 1.165) is 12.8 Å². The van der Waals surface area contributed by atoms with Gasteiger partial charge in [0.1, 0.15) is 12.1 Å². The second-order valence-corrected chi connectivity index (χ2v) is 9.09. The lowest BCUT2D eigenvalue weighted by Gasteiger charge is -2.33. The molecule has 1 aromatic carbocycles. The molecule has 0 atom stereocenters. The van der Waals surface area contributed by atoms with Crippen molar-refractivity contribution in [1.29, 1.82) is 0 Å². The molecule has 1 saturated heterocycles. The molecule has 1 aliphatic rings. The maximum absolute atomic E-state index is 12.1. The van der Waals surface area contributed by atoms with Crippen molar-refractivity contribution in [3.05, 3.63) is 24.5 Å². The number of hydrogen-bond acceptors (Lipinski definition) is 6. The number of carbonyl (C=O) groups is 1. The highest BCUT2D eigenvalue weighted by atomic mass is 32.2. The van der Waals surface area contributed by atoms with Gasteiger partial charge >= 0.3 is 0 Å². The largest absolute Gasteiger partial charge is 0.367 e. The van der Waals surface area contributed by atoms with E-state index in [-0.39, 0.29) is 22.8 Å². The zero-order valence-electron chi connectivity index (χ0n) is 15.3. The van der Waals surface area contributed by atoms with Crippen LogP contribution in [0, 0.1) is 5.92 Å². The number of anilines is 1. The summed E-state index contributed by atoms with van der Waals surface area (Å²) in [4.78, 5) is 22.8. The predicted molar refractivity (Wildman–Crippen MR) is 101 cm³/mol. The van der Waals surface area contributed by atoms with E-state index in [2.05, 4.69) is 15.3 Å². The van der Waals surface area contributed by atoms with E-state index in [4.69, 9.17) is 0 Å². The number of benzene rings is 1. The third-order valence-corrected chi connectivity index (χ3v) is 5.79. The fourth-order valence-corrected chi connectivity index (χ4v) is 3.83. The van der Waals surface area contributed by atoms with Crippen LogP contribution in [-0.2, 0) is 14.6 Å². The van der Waals surface area contributed by atoms with Gasteiger partial charge in [-0.3, -0.25) is 4.79 Å². The van der Waals surface area contributed by atoms with Crippen molar-refractivity contribution in [1.82, 2.24) is 14.9 Å². The number of piperidine rings is 1. The maximum atomic E-state index is 12.1. The van der Waals surface area contributed by atoms with E-state index < -0.39 is 9.84 Å². The molecule has 1 amide bonds. The minimum atomic E-state index is -3.30. The number of fused-ring (bicyclic) bond motifs is 1. The van der Waals surface area contributed by atoms with Crippen LogP contribution in [0.2, 0.25) is 0 Å². The molecule has 1 aromatic heterocycles. The highest BCUT2D eigenvalue weighted by molar-refractivity contribution is 7.90. The molecule has 0 radical (unpaired) electrons. The Labute approximate surface area is 153 Å². The summed E-state index contributed by atoms with van der Waals surface area (Å²) < 4.78 is 23.7. The molecule has 26 heavy (non-hydrogen) atoms. The molecular weight excluding hydrogens is 352 g/mol. The van der Waals surface area contributed by atoms with Gasteiger partial charge in [0, 0.05) is 36.7 Å². The average molecular weight is 376 g/mol. The van der Waals surface area contributed by atoms with Crippen LogP contribution in [0.3, 0.4) is 0 Å². The van der Waals surface area contributed by atoms with E-state index in [1.54, 1.807) is 18.2 Å². The van der Waals surface area contributed by atoms with Crippen molar-refractivity contribution in [3.8, 4) is 0 Å². The van der Waals surface area contributed by atoms with E-state index in [1.807, 2.05) is 18.7 Å². The number of hydrogen-bond donors (Lipinski definition) is 1. The van der Waals surface area contributed by atoms with Gasteiger partial charge in [0.05, 0.1) is 10.4 Å². The molecule has 2 aromatic rings. The standard InChI is InChI=1S/C18H24N4O3S/c1-12(2)18(23)22-8-6-13(7-9-22)21-17-15-10-14(26(3,24)25)4-5-16(15)19-11-20-17/h4-5,10-13H,6-9H2,1-3H3,(H,19,20,21). The number of amides is 1. The third kappa shape index (κ3) is 3.95. The Kier molecular flexibility index (Phi) is 5.13.